The van der Waals surface area contributed by atoms with E-state index < -0.39 is 0 Å². The van der Waals surface area contributed by atoms with Crippen LogP contribution in [0.15, 0.2) is 74.2 Å². The van der Waals surface area contributed by atoms with Crippen LogP contribution in [-0.2, 0) is 0 Å². The van der Waals surface area contributed by atoms with Crippen molar-refractivity contribution in [3.05, 3.63) is 54.6 Å². The van der Waals surface area contributed by atoms with Crippen LogP contribution in [0.2, 0.25) is 0 Å². The molecule has 0 atom stereocenters. The minimum atomic E-state index is 0.277. The maximum atomic E-state index is 5.82. The Hall–Kier alpha value is -1.98. The summed E-state index contributed by atoms with van der Waals surface area (Å²) in [5.41, 5.74) is 4.16. The predicted octanol–water partition coefficient (Wildman–Crippen LogP) is 2.86. The van der Waals surface area contributed by atoms with Gasteiger partial charge in [0, 0.05) is 14.7 Å². The summed E-state index contributed by atoms with van der Waals surface area (Å²) >= 11 is 3.65. The third-order valence-corrected chi connectivity index (χ3v) is 7.15. The van der Waals surface area contributed by atoms with Crippen LogP contribution in [-0.4, -0.2) is 13.5 Å². The summed E-state index contributed by atoms with van der Waals surface area (Å²) in [5.74, 6) is 1.79. The van der Waals surface area contributed by atoms with Crippen molar-refractivity contribution in [1.29, 1.82) is 0 Å². The molecule has 3 aliphatic rings. The van der Waals surface area contributed by atoms with Gasteiger partial charge >= 0.3 is 0 Å². The van der Waals surface area contributed by atoms with E-state index in [1.54, 1.807) is 0 Å². The molecule has 0 amide bonds. The van der Waals surface area contributed by atoms with E-state index in [1.807, 2.05) is 23.5 Å². The molecule has 0 radical (unpaired) electrons. The minimum absolute atomic E-state index is 0.277. The first-order chi connectivity index (χ1) is 11.9. The van der Waals surface area contributed by atoms with Crippen LogP contribution in [0.1, 0.15) is 0 Å². The molecule has 2 nitrogen and oxygen atoms in total. The first kappa shape index (κ1) is 13.3. The lowest BCUT2D eigenvalue weighted by Gasteiger charge is -2.33. The molecule has 3 aromatic carbocycles. The third-order valence-electron chi connectivity index (χ3n) is 4.80. The Balaban J connectivity index is 1.73. The fraction of sp³-hybridized carbons (Fsp3) is 0.0526. The molecule has 3 heterocycles. The molecule has 0 fully saturated rings. The molecule has 0 bridgehead atoms. The van der Waals surface area contributed by atoms with Crippen molar-refractivity contribution >= 4 is 46.6 Å². The zero-order chi connectivity index (χ0) is 15.7. The Morgan fingerprint density at radius 1 is 0.792 bits per heavy atom. The summed E-state index contributed by atoms with van der Waals surface area (Å²) < 4.78 is 11.5. The van der Waals surface area contributed by atoms with Crippen molar-refractivity contribution in [3.8, 4) is 11.5 Å². The molecule has 6 rings (SSSR count). The average Bonchev–Trinajstić information content (AvgIpc) is 3.10. The molecule has 0 saturated heterocycles. The third kappa shape index (κ3) is 1.66. The summed E-state index contributed by atoms with van der Waals surface area (Å²) in [7, 11) is 0. The van der Waals surface area contributed by atoms with Gasteiger partial charge in [0.15, 0.2) is 11.5 Å². The van der Waals surface area contributed by atoms with Crippen LogP contribution in [0, 0.1) is 0 Å². The summed E-state index contributed by atoms with van der Waals surface area (Å²) in [6.07, 6.45) is 0. The highest BCUT2D eigenvalue weighted by molar-refractivity contribution is 8.01. The van der Waals surface area contributed by atoms with Crippen LogP contribution in [0.25, 0.3) is 0 Å². The Kier molecular flexibility index (Phi) is 2.65. The van der Waals surface area contributed by atoms with Gasteiger partial charge in [0.1, 0.15) is 0 Å². The molecule has 3 aromatic rings. The minimum Gasteiger partial charge on any atom is -0.454 e. The Labute approximate surface area is 148 Å². The summed E-state index contributed by atoms with van der Waals surface area (Å²) in [4.78, 5) is 5.17. The van der Waals surface area contributed by atoms with Crippen molar-refractivity contribution in [1.82, 2.24) is 0 Å². The van der Waals surface area contributed by atoms with Gasteiger partial charge in [-0.3, -0.25) is 0 Å². The zero-order valence-corrected chi connectivity index (χ0v) is 14.2. The standard InChI is InChI=1S/C19H11BO2S2/c1-3-7-14-11(5-1)20-12-6-2-4-8-15(12)24-19-17(20)16(23-14)9-13-18(19)22-10-21-13/h1-9H,10H2. The van der Waals surface area contributed by atoms with Gasteiger partial charge in [0.25, 0.3) is 0 Å². The van der Waals surface area contributed by atoms with Crippen LogP contribution in [0.5, 0.6) is 11.5 Å². The lowest BCUT2D eigenvalue weighted by molar-refractivity contribution is 0.172. The average molecular weight is 346 g/mol. The van der Waals surface area contributed by atoms with E-state index in [-0.39, 0.29) is 6.71 Å². The fourth-order valence-electron chi connectivity index (χ4n) is 3.79. The molecule has 0 spiro atoms. The van der Waals surface area contributed by atoms with Crippen molar-refractivity contribution < 1.29 is 9.47 Å². The molecule has 0 aromatic heterocycles. The van der Waals surface area contributed by atoms with E-state index in [1.165, 1.54) is 36.0 Å². The van der Waals surface area contributed by atoms with Gasteiger partial charge in [-0.2, -0.15) is 0 Å². The van der Waals surface area contributed by atoms with Gasteiger partial charge in [-0.15, -0.1) is 0 Å². The monoisotopic (exact) mass is 346 g/mol. The van der Waals surface area contributed by atoms with Crippen molar-refractivity contribution in [3.63, 3.8) is 0 Å². The van der Waals surface area contributed by atoms with Gasteiger partial charge in [0.2, 0.25) is 13.5 Å². The molecule has 24 heavy (non-hydrogen) atoms. The Morgan fingerprint density at radius 3 is 2.29 bits per heavy atom. The number of ether oxygens (including phenoxy) is 2. The predicted molar refractivity (Wildman–Crippen MR) is 98.4 cm³/mol. The number of fused-ring (bicyclic) bond motifs is 6. The van der Waals surface area contributed by atoms with Crippen molar-refractivity contribution in [2.24, 2.45) is 0 Å². The van der Waals surface area contributed by atoms with Crippen LogP contribution < -0.4 is 25.9 Å². The van der Waals surface area contributed by atoms with Gasteiger partial charge < -0.3 is 9.47 Å². The molecule has 0 saturated carbocycles. The van der Waals surface area contributed by atoms with Crippen LogP contribution in [0.3, 0.4) is 0 Å². The molecule has 3 aliphatic heterocycles. The van der Waals surface area contributed by atoms with Gasteiger partial charge in [-0.25, -0.2) is 0 Å². The number of rotatable bonds is 0. The highest BCUT2D eigenvalue weighted by Crippen LogP contribution is 2.48. The van der Waals surface area contributed by atoms with Crippen LogP contribution in [0.4, 0.5) is 0 Å². The molecule has 114 valence electrons. The lowest BCUT2D eigenvalue weighted by Crippen LogP contribution is -2.57. The Bertz CT molecular complexity index is 1010. The normalized spacial score (nSPS) is 15.6. The SMILES string of the molecule is c1ccc2c(c1)Sc1cc3c(c4c1B2c1ccccc1S4)OCO3. The van der Waals surface area contributed by atoms with E-state index in [0.717, 1.165) is 11.5 Å². The second-order valence-electron chi connectivity index (χ2n) is 6.06. The van der Waals surface area contributed by atoms with E-state index in [9.17, 15) is 0 Å². The smallest absolute Gasteiger partial charge is 0.247 e. The van der Waals surface area contributed by atoms with Gasteiger partial charge in [0.05, 0.1) is 4.90 Å². The first-order valence-electron chi connectivity index (χ1n) is 7.90. The molecular formula is C19H11BO2S2. The molecular weight excluding hydrogens is 335 g/mol. The van der Waals surface area contributed by atoms with E-state index in [0.29, 0.717) is 6.79 Å². The maximum absolute atomic E-state index is 5.82. The van der Waals surface area contributed by atoms with Crippen molar-refractivity contribution in [2.75, 3.05) is 6.79 Å². The maximum Gasteiger partial charge on any atom is 0.247 e. The van der Waals surface area contributed by atoms with Crippen LogP contribution >= 0.6 is 23.5 Å². The van der Waals surface area contributed by atoms with Gasteiger partial charge in [-0.1, -0.05) is 70.8 Å². The van der Waals surface area contributed by atoms with Gasteiger partial charge in [-0.05, 0) is 23.7 Å². The van der Waals surface area contributed by atoms with E-state index >= 15 is 0 Å². The topological polar surface area (TPSA) is 18.5 Å². The zero-order valence-electron chi connectivity index (χ0n) is 12.6. The number of benzene rings is 3. The first-order valence-corrected chi connectivity index (χ1v) is 9.53. The molecule has 0 unspecified atom stereocenters. The fourth-order valence-corrected chi connectivity index (χ4v) is 6.30. The largest absolute Gasteiger partial charge is 0.454 e. The number of hydrogen-bond acceptors (Lipinski definition) is 4. The summed E-state index contributed by atoms with van der Waals surface area (Å²) in [6.45, 7) is 0.592. The summed E-state index contributed by atoms with van der Waals surface area (Å²) in [6, 6.07) is 19.6. The lowest BCUT2D eigenvalue weighted by atomic mass is 9.36. The quantitative estimate of drug-likeness (QED) is 0.401. The van der Waals surface area contributed by atoms with E-state index in [2.05, 4.69) is 54.6 Å². The van der Waals surface area contributed by atoms with E-state index in [4.69, 9.17) is 9.47 Å². The second kappa shape index (κ2) is 4.77. The Morgan fingerprint density at radius 2 is 1.50 bits per heavy atom. The molecule has 0 aliphatic carbocycles. The molecule has 5 heteroatoms. The highest BCUT2D eigenvalue weighted by Gasteiger charge is 2.41. The van der Waals surface area contributed by atoms with Crippen molar-refractivity contribution in [2.45, 2.75) is 19.6 Å². The highest BCUT2D eigenvalue weighted by atomic mass is 32.2. The number of hydrogen-bond donors (Lipinski definition) is 0. The molecule has 0 N–H and O–H groups in total. The summed E-state index contributed by atoms with van der Waals surface area (Å²) in [5, 5.41) is 0. The second-order valence-corrected chi connectivity index (χ2v) is 8.20.